The lowest BCUT2D eigenvalue weighted by molar-refractivity contribution is -0.134. The summed E-state index contributed by atoms with van der Waals surface area (Å²) < 4.78 is 16.4. The SMILES string of the molecule is CCOc1cc(C(=O)OCC(=O)NCCCc2ccccc2)ccc1OCC(=O)N1CCCCC1. The zero-order chi connectivity index (χ0) is 24.9. The van der Waals surface area contributed by atoms with Crippen molar-refractivity contribution in [1.29, 1.82) is 0 Å². The van der Waals surface area contributed by atoms with Gasteiger partial charge in [0.1, 0.15) is 0 Å². The molecule has 0 radical (unpaired) electrons. The lowest BCUT2D eigenvalue weighted by Gasteiger charge is -2.26. The van der Waals surface area contributed by atoms with Crippen molar-refractivity contribution in [3.05, 3.63) is 59.7 Å². The van der Waals surface area contributed by atoms with E-state index in [0.29, 0.717) is 24.7 Å². The van der Waals surface area contributed by atoms with Crippen LogP contribution < -0.4 is 14.8 Å². The number of amides is 2. The summed E-state index contributed by atoms with van der Waals surface area (Å²) in [6, 6.07) is 14.6. The highest BCUT2D eigenvalue weighted by molar-refractivity contribution is 5.92. The van der Waals surface area contributed by atoms with Crippen LogP contribution in [0.1, 0.15) is 48.5 Å². The first-order valence-electron chi connectivity index (χ1n) is 12.2. The van der Waals surface area contributed by atoms with Gasteiger partial charge in [-0.05, 0) is 62.8 Å². The van der Waals surface area contributed by atoms with Crippen LogP contribution in [-0.4, -0.2) is 62.1 Å². The Morgan fingerprint density at radius 3 is 2.43 bits per heavy atom. The molecule has 0 atom stereocenters. The molecule has 2 aromatic rings. The van der Waals surface area contributed by atoms with Crippen LogP contribution in [0.25, 0.3) is 0 Å². The molecule has 1 fully saturated rings. The molecular formula is C27H34N2O6. The average molecular weight is 483 g/mol. The van der Waals surface area contributed by atoms with E-state index in [1.807, 2.05) is 42.2 Å². The van der Waals surface area contributed by atoms with E-state index in [1.165, 1.54) is 17.7 Å². The summed E-state index contributed by atoms with van der Waals surface area (Å²) in [5.74, 6) is -0.331. The molecule has 3 rings (SSSR count). The van der Waals surface area contributed by atoms with Gasteiger partial charge in [0, 0.05) is 19.6 Å². The summed E-state index contributed by atoms with van der Waals surface area (Å²) in [7, 11) is 0. The topological polar surface area (TPSA) is 94.2 Å². The Labute approximate surface area is 206 Å². The molecule has 0 unspecified atom stereocenters. The second-order valence-electron chi connectivity index (χ2n) is 8.34. The van der Waals surface area contributed by atoms with E-state index in [-0.39, 0.29) is 30.6 Å². The predicted octanol–water partition coefficient (Wildman–Crippen LogP) is 3.38. The molecule has 35 heavy (non-hydrogen) atoms. The Hall–Kier alpha value is -3.55. The Morgan fingerprint density at radius 2 is 1.69 bits per heavy atom. The van der Waals surface area contributed by atoms with E-state index >= 15 is 0 Å². The third kappa shape index (κ3) is 8.63. The first-order valence-corrected chi connectivity index (χ1v) is 12.2. The lowest BCUT2D eigenvalue weighted by Crippen LogP contribution is -2.38. The molecular weight excluding hydrogens is 448 g/mol. The van der Waals surface area contributed by atoms with Gasteiger partial charge in [-0.25, -0.2) is 4.79 Å². The van der Waals surface area contributed by atoms with Gasteiger partial charge >= 0.3 is 5.97 Å². The van der Waals surface area contributed by atoms with Crippen LogP contribution in [0.5, 0.6) is 11.5 Å². The molecule has 2 aromatic carbocycles. The van der Waals surface area contributed by atoms with Crippen LogP contribution in [0.2, 0.25) is 0 Å². The molecule has 1 saturated heterocycles. The van der Waals surface area contributed by atoms with E-state index in [1.54, 1.807) is 6.07 Å². The summed E-state index contributed by atoms with van der Waals surface area (Å²) >= 11 is 0. The summed E-state index contributed by atoms with van der Waals surface area (Å²) in [5.41, 5.74) is 1.45. The highest BCUT2D eigenvalue weighted by Gasteiger charge is 2.19. The van der Waals surface area contributed by atoms with Crippen LogP contribution in [0.15, 0.2) is 48.5 Å². The van der Waals surface area contributed by atoms with Crippen LogP contribution in [0, 0.1) is 0 Å². The maximum absolute atomic E-state index is 12.4. The first kappa shape index (κ1) is 26.1. The fraction of sp³-hybridized carbons (Fsp3) is 0.444. The first-order chi connectivity index (χ1) is 17.1. The Morgan fingerprint density at radius 1 is 0.914 bits per heavy atom. The number of carbonyl (C=O) groups is 3. The molecule has 188 valence electrons. The van der Waals surface area contributed by atoms with Gasteiger partial charge in [-0.2, -0.15) is 0 Å². The number of rotatable bonds is 12. The molecule has 1 N–H and O–H groups in total. The molecule has 0 saturated carbocycles. The smallest absolute Gasteiger partial charge is 0.338 e. The van der Waals surface area contributed by atoms with Crippen molar-refractivity contribution in [1.82, 2.24) is 10.2 Å². The molecule has 0 aliphatic carbocycles. The van der Waals surface area contributed by atoms with Gasteiger partial charge in [0.25, 0.3) is 11.8 Å². The maximum Gasteiger partial charge on any atom is 0.338 e. The number of nitrogens with zero attached hydrogens (tertiary/aromatic N) is 1. The third-order valence-corrected chi connectivity index (χ3v) is 5.68. The normalized spacial score (nSPS) is 13.1. The fourth-order valence-electron chi connectivity index (χ4n) is 3.83. The van der Waals surface area contributed by atoms with Gasteiger partial charge in [-0.1, -0.05) is 30.3 Å². The zero-order valence-electron chi connectivity index (χ0n) is 20.3. The number of likely N-dealkylation sites (tertiary alicyclic amines) is 1. The molecule has 0 bridgehead atoms. The van der Waals surface area contributed by atoms with Crippen molar-refractivity contribution in [3.8, 4) is 11.5 Å². The highest BCUT2D eigenvalue weighted by Crippen LogP contribution is 2.29. The van der Waals surface area contributed by atoms with Gasteiger partial charge in [-0.15, -0.1) is 0 Å². The number of benzene rings is 2. The minimum absolute atomic E-state index is 0.0644. The summed E-state index contributed by atoms with van der Waals surface area (Å²) in [5, 5.41) is 2.76. The average Bonchev–Trinajstić information content (AvgIpc) is 2.90. The number of aryl methyl sites for hydroxylation is 1. The number of carbonyl (C=O) groups excluding carboxylic acids is 3. The Bertz CT molecular complexity index is 973. The largest absolute Gasteiger partial charge is 0.490 e. The van der Waals surface area contributed by atoms with Crippen molar-refractivity contribution in [2.75, 3.05) is 39.5 Å². The number of ether oxygens (including phenoxy) is 3. The molecule has 0 spiro atoms. The van der Waals surface area contributed by atoms with Crippen molar-refractivity contribution in [2.24, 2.45) is 0 Å². The van der Waals surface area contributed by atoms with Gasteiger partial charge in [0.2, 0.25) is 0 Å². The van der Waals surface area contributed by atoms with Crippen molar-refractivity contribution in [3.63, 3.8) is 0 Å². The van der Waals surface area contributed by atoms with Gasteiger partial charge in [-0.3, -0.25) is 9.59 Å². The van der Waals surface area contributed by atoms with Gasteiger partial charge < -0.3 is 24.4 Å². The van der Waals surface area contributed by atoms with Crippen LogP contribution in [0.3, 0.4) is 0 Å². The van der Waals surface area contributed by atoms with Gasteiger partial charge in [0.05, 0.1) is 12.2 Å². The van der Waals surface area contributed by atoms with Crippen molar-refractivity contribution < 1.29 is 28.6 Å². The fourth-order valence-corrected chi connectivity index (χ4v) is 3.83. The van der Waals surface area contributed by atoms with Crippen LogP contribution in [-0.2, 0) is 20.7 Å². The Kier molecular flexibility index (Phi) is 10.4. The second-order valence-corrected chi connectivity index (χ2v) is 8.34. The number of hydrogen-bond donors (Lipinski definition) is 1. The molecule has 8 heteroatoms. The molecule has 8 nitrogen and oxygen atoms in total. The van der Waals surface area contributed by atoms with Crippen LogP contribution in [0.4, 0.5) is 0 Å². The van der Waals surface area contributed by atoms with E-state index in [9.17, 15) is 14.4 Å². The minimum atomic E-state index is -0.638. The molecule has 1 aliphatic rings. The van der Waals surface area contributed by atoms with Crippen molar-refractivity contribution in [2.45, 2.75) is 39.0 Å². The molecule has 1 heterocycles. The van der Waals surface area contributed by atoms with Gasteiger partial charge in [0.15, 0.2) is 24.7 Å². The molecule has 1 aliphatic heterocycles. The second kappa shape index (κ2) is 14.0. The van der Waals surface area contributed by atoms with Crippen molar-refractivity contribution >= 4 is 17.8 Å². The maximum atomic E-state index is 12.4. The van der Waals surface area contributed by atoms with E-state index in [2.05, 4.69) is 5.32 Å². The van der Waals surface area contributed by atoms with E-state index in [4.69, 9.17) is 14.2 Å². The monoisotopic (exact) mass is 482 g/mol. The number of nitrogens with one attached hydrogen (secondary N) is 1. The molecule has 2 amide bonds. The summed E-state index contributed by atoms with van der Waals surface area (Å²) in [4.78, 5) is 38.7. The number of hydrogen-bond acceptors (Lipinski definition) is 6. The van der Waals surface area contributed by atoms with Crippen LogP contribution >= 0.6 is 0 Å². The standard InChI is InChI=1S/C27H34N2O6/c1-2-33-24-18-22(13-14-23(24)34-20-26(31)29-16-7-4-8-17-29)27(32)35-19-25(30)28-15-9-12-21-10-5-3-6-11-21/h3,5-6,10-11,13-14,18H,2,4,7-9,12,15-17,19-20H2,1H3,(H,28,30). The summed E-state index contributed by atoms with van der Waals surface area (Å²) in [6.45, 7) is 3.74. The van der Waals surface area contributed by atoms with E-state index in [0.717, 1.165) is 45.2 Å². The zero-order valence-corrected chi connectivity index (χ0v) is 20.3. The lowest BCUT2D eigenvalue weighted by atomic mass is 10.1. The highest BCUT2D eigenvalue weighted by atomic mass is 16.5. The number of piperidine rings is 1. The number of esters is 1. The quantitative estimate of drug-likeness (QED) is 0.368. The Balaban J connectivity index is 1.44. The third-order valence-electron chi connectivity index (χ3n) is 5.68. The van der Waals surface area contributed by atoms with E-state index < -0.39 is 5.97 Å². The predicted molar refractivity (Wildman–Crippen MR) is 132 cm³/mol. The molecule has 0 aromatic heterocycles. The minimum Gasteiger partial charge on any atom is -0.490 e. The summed E-state index contributed by atoms with van der Waals surface area (Å²) in [6.07, 6.45) is 4.83.